The standard InChI is InChI=1S/C54H35NO/c1-2-10-36(11-3-1)41-13-8-15-46(32-41)55(47-16-9-14-42(33-47)44-28-31-50-49-18-6-7-19-52(49)56-53(50)35-44)45-29-26-37(27-30-45)43-25-22-39-21-24-40-23-20-38-12-4-5-17-48(38)54(40)51(39)34-43/h1-35H. The van der Waals surface area contributed by atoms with Gasteiger partial charge < -0.3 is 9.32 Å². The van der Waals surface area contributed by atoms with Gasteiger partial charge >= 0.3 is 0 Å². The highest BCUT2D eigenvalue weighted by Crippen LogP contribution is 2.41. The minimum absolute atomic E-state index is 0.895. The van der Waals surface area contributed by atoms with E-state index in [9.17, 15) is 0 Å². The highest BCUT2D eigenvalue weighted by atomic mass is 16.3. The van der Waals surface area contributed by atoms with Crippen molar-refractivity contribution in [3.8, 4) is 33.4 Å². The molecule has 0 saturated carbocycles. The van der Waals surface area contributed by atoms with Gasteiger partial charge in [-0.1, -0.05) is 152 Å². The van der Waals surface area contributed by atoms with Crippen LogP contribution in [0.2, 0.25) is 0 Å². The maximum atomic E-state index is 6.29. The van der Waals surface area contributed by atoms with E-state index in [4.69, 9.17) is 4.42 Å². The lowest BCUT2D eigenvalue weighted by Gasteiger charge is -2.27. The van der Waals surface area contributed by atoms with Crippen molar-refractivity contribution in [1.82, 2.24) is 0 Å². The predicted octanol–water partition coefficient (Wildman–Crippen LogP) is 15.5. The summed E-state index contributed by atoms with van der Waals surface area (Å²) < 4.78 is 6.29. The van der Waals surface area contributed by atoms with Crippen LogP contribution in [0.1, 0.15) is 0 Å². The summed E-state index contributed by atoms with van der Waals surface area (Å²) >= 11 is 0. The molecule has 2 heteroatoms. The van der Waals surface area contributed by atoms with E-state index in [1.54, 1.807) is 0 Å². The van der Waals surface area contributed by atoms with Gasteiger partial charge in [-0.25, -0.2) is 0 Å². The maximum absolute atomic E-state index is 6.29. The molecule has 262 valence electrons. The molecule has 1 heterocycles. The lowest BCUT2D eigenvalue weighted by molar-refractivity contribution is 0.669. The molecule has 0 fully saturated rings. The zero-order chi connectivity index (χ0) is 37.0. The molecule has 0 saturated heterocycles. The van der Waals surface area contributed by atoms with E-state index in [0.29, 0.717) is 0 Å². The molecule has 10 aromatic carbocycles. The third-order valence-electron chi connectivity index (χ3n) is 11.2. The molecule has 0 aliphatic rings. The van der Waals surface area contributed by atoms with Gasteiger partial charge in [0.15, 0.2) is 0 Å². The van der Waals surface area contributed by atoms with Crippen molar-refractivity contribution >= 4 is 71.3 Å². The van der Waals surface area contributed by atoms with Gasteiger partial charge in [-0.2, -0.15) is 0 Å². The van der Waals surface area contributed by atoms with Crippen LogP contribution in [-0.4, -0.2) is 0 Å². The molecule has 0 aliphatic carbocycles. The Morgan fingerprint density at radius 2 is 0.786 bits per heavy atom. The van der Waals surface area contributed by atoms with Gasteiger partial charge in [-0.3, -0.25) is 0 Å². The van der Waals surface area contributed by atoms with Crippen molar-refractivity contribution in [3.05, 3.63) is 212 Å². The Bertz CT molecular complexity index is 3240. The second-order valence-corrected chi connectivity index (χ2v) is 14.5. The number of nitrogens with zero attached hydrogens (tertiary/aromatic N) is 1. The summed E-state index contributed by atoms with van der Waals surface area (Å²) in [5.41, 5.74) is 12.0. The second-order valence-electron chi connectivity index (χ2n) is 14.5. The average Bonchev–Trinajstić information content (AvgIpc) is 3.65. The van der Waals surface area contributed by atoms with Crippen LogP contribution in [0.4, 0.5) is 17.1 Å². The monoisotopic (exact) mass is 713 g/mol. The fourth-order valence-electron chi connectivity index (χ4n) is 8.44. The summed E-state index contributed by atoms with van der Waals surface area (Å²) in [7, 11) is 0. The number of hydrogen-bond donors (Lipinski definition) is 0. The fourth-order valence-corrected chi connectivity index (χ4v) is 8.44. The highest BCUT2D eigenvalue weighted by Gasteiger charge is 2.16. The molecule has 0 N–H and O–H groups in total. The largest absolute Gasteiger partial charge is 0.456 e. The van der Waals surface area contributed by atoms with Crippen LogP contribution in [0.15, 0.2) is 217 Å². The molecule has 0 spiro atoms. The first-order valence-electron chi connectivity index (χ1n) is 19.2. The number of anilines is 3. The molecule has 11 rings (SSSR count). The lowest BCUT2D eigenvalue weighted by Crippen LogP contribution is -2.10. The average molecular weight is 714 g/mol. The third kappa shape index (κ3) is 5.51. The first-order chi connectivity index (χ1) is 27.7. The Balaban J connectivity index is 1.02. The van der Waals surface area contributed by atoms with Crippen molar-refractivity contribution in [1.29, 1.82) is 0 Å². The molecular formula is C54H35NO. The maximum Gasteiger partial charge on any atom is 0.136 e. The van der Waals surface area contributed by atoms with Crippen molar-refractivity contribution < 1.29 is 4.42 Å². The highest BCUT2D eigenvalue weighted by molar-refractivity contribution is 6.20. The van der Waals surface area contributed by atoms with Crippen LogP contribution in [-0.2, 0) is 0 Å². The number of fused-ring (bicyclic) bond motifs is 8. The smallest absolute Gasteiger partial charge is 0.136 e. The molecule has 56 heavy (non-hydrogen) atoms. The molecule has 0 unspecified atom stereocenters. The minimum Gasteiger partial charge on any atom is -0.456 e. The Hall–Kier alpha value is -7.42. The molecule has 1 aromatic heterocycles. The summed E-state index contributed by atoms with van der Waals surface area (Å²) in [5, 5.41) is 9.92. The summed E-state index contributed by atoms with van der Waals surface area (Å²) in [6.07, 6.45) is 0. The molecule has 0 bridgehead atoms. The topological polar surface area (TPSA) is 16.4 Å². The van der Waals surface area contributed by atoms with E-state index in [-0.39, 0.29) is 0 Å². The van der Waals surface area contributed by atoms with Gasteiger partial charge in [0, 0.05) is 27.8 Å². The van der Waals surface area contributed by atoms with Crippen LogP contribution in [0.3, 0.4) is 0 Å². The van der Waals surface area contributed by atoms with Crippen LogP contribution in [0.5, 0.6) is 0 Å². The quantitative estimate of drug-likeness (QED) is 0.160. The van der Waals surface area contributed by atoms with Gasteiger partial charge in [-0.15, -0.1) is 0 Å². The summed E-state index contributed by atoms with van der Waals surface area (Å²) in [4.78, 5) is 2.36. The van der Waals surface area contributed by atoms with Gasteiger partial charge in [-0.05, 0) is 126 Å². The number of furan rings is 1. The number of benzene rings is 10. The Morgan fingerprint density at radius 1 is 0.268 bits per heavy atom. The summed E-state index contributed by atoms with van der Waals surface area (Å²) in [6.45, 7) is 0. The van der Waals surface area contributed by atoms with Crippen molar-refractivity contribution in [3.63, 3.8) is 0 Å². The third-order valence-corrected chi connectivity index (χ3v) is 11.2. The van der Waals surface area contributed by atoms with Gasteiger partial charge in [0.25, 0.3) is 0 Å². The minimum atomic E-state index is 0.895. The number of para-hydroxylation sites is 1. The van der Waals surface area contributed by atoms with E-state index in [1.807, 2.05) is 12.1 Å². The van der Waals surface area contributed by atoms with Crippen LogP contribution in [0.25, 0.3) is 87.6 Å². The number of rotatable bonds is 6. The SMILES string of the molecule is c1ccc(-c2cccc(N(c3ccc(-c4ccc5ccc6ccc7ccccc7c6c5c4)cc3)c3cccc(-c4ccc5c(c4)oc4ccccc45)c3)c2)cc1. The summed E-state index contributed by atoms with van der Waals surface area (Å²) in [5.74, 6) is 0. The Kier molecular flexibility index (Phi) is 7.53. The Labute approximate surface area is 325 Å². The van der Waals surface area contributed by atoms with Crippen molar-refractivity contribution in [2.45, 2.75) is 0 Å². The lowest BCUT2D eigenvalue weighted by atomic mass is 9.94. The van der Waals surface area contributed by atoms with Gasteiger partial charge in [0.2, 0.25) is 0 Å². The fraction of sp³-hybridized carbons (Fsp3) is 0. The zero-order valence-electron chi connectivity index (χ0n) is 30.6. The Morgan fingerprint density at radius 3 is 1.57 bits per heavy atom. The van der Waals surface area contributed by atoms with E-state index < -0.39 is 0 Å². The van der Waals surface area contributed by atoms with E-state index in [0.717, 1.165) is 50.1 Å². The molecular weight excluding hydrogens is 679 g/mol. The van der Waals surface area contributed by atoms with Crippen LogP contribution >= 0.6 is 0 Å². The molecule has 2 nitrogen and oxygen atoms in total. The van der Waals surface area contributed by atoms with Crippen LogP contribution in [0, 0.1) is 0 Å². The van der Waals surface area contributed by atoms with Crippen molar-refractivity contribution in [2.24, 2.45) is 0 Å². The first-order valence-corrected chi connectivity index (χ1v) is 19.2. The summed E-state index contributed by atoms with van der Waals surface area (Å²) in [6, 6.07) is 76.6. The van der Waals surface area contributed by atoms with E-state index >= 15 is 0 Å². The van der Waals surface area contributed by atoms with E-state index in [1.165, 1.54) is 54.6 Å². The number of hydrogen-bond acceptors (Lipinski definition) is 2. The van der Waals surface area contributed by atoms with Crippen molar-refractivity contribution in [2.75, 3.05) is 4.90 Å². The molecule has 11 aromatic rings. The molecule has 0 atom stereocenters. The zero-order valence-corrected chi connectivity index (χ0v) is 30.6. The molecule has 0 radical (unpaired) electrons. The molecule has 0 aliphatic heterocycles. The normalized spacial score (nSPS) is 11.6. The molecule has 0 amide bonds. The first kappa shape index (κ1) is 32.0. The van der Waals surface area contributed by atoms with Crippen LogP contribution < -0.4 is 4.90 Å². The van der Waals surface area contributed by atoms with Gasteiger partial charge in [0.05, 0.1) is 0 Å². The predicted molar refractivity (Wildman–Crippen MR) is 237 cm³/mol. The van der Waals surface area contributed by atoms with Gasteiger partial charge in [0.1, 0.15) is 11.2 Å². The van der Waals surface area contributed by atoms with E-state index in [2.05, 4.69) is 205 Å². The second kappa shape index (κ2) is 13.2.